The molecule has 0 aliphatic carbocycles. The number of rotatable bonds is 7. The van der Waals surface area contributed by atoms with Gasteiger partial charge in [0.05, 0.1) is 11.8 Å². The highest BCUT2D eigenvalue weighted by atomic mass is 32.2. The number of nitrogens with zero attached hydrogens (tertiary/aromatic N) is 4. The first-order valence-corrected chi connectivity index (χ1v) is 9.99. The van der Waals surface area contributed by atoms with Gasteiger partial charge >= 0.3 is 0 Å². The molecule has 0 saturated heterocycles. The second-order valence-corrected chi connectivity index (χ2v) is 7.63. The average molecular weight is 403 g/mol. The molecule has 140 valence electrons. The highest BCUT2D eigenvalue weighted by Gasteiger charge is 2.13. The molecule has 8 nitrogen and oxygen atoms in total. The van der Waals surface area contributed by atoms with Gasteiger partial charge < -0.3 is 10.6 Å². The Hall–Kier alpha value is -2.72. The fourth-order valence-electron chi connectivity index (χ4n) is 2.26. The Kier molecular flexibility index (Phi) is 6.20. The Labute approximate surface area is 164 Å². The molecular weight excluding hydrogens is 384 g/mol. The van der Waals surface area contributed by atoms with Crippen LogP contribution in [0.3, 0.4) is 0 Å². The molecule has 0 unspecified atom stereocenters. The van der Waals surface area contributed by atoms with Crippen molar-refractivity contribution < 1.29 is 9.59 Å². The minimum Gasteiger partial charge on any atom is -0.345 e. The van der Waals surface area contributed by atoms with Crippen LogP contribution in [0.15, 0.2) is 46.9 Å². The van der Waals surface area contributed by atoms with Crippen molar-refractivity contribution in [3.8, 4) is 0 Å². The maximum absolute atomic E-state index is 12.3. The molecule has 2 amide bonds. The number of thiophene rings is 1. The van der Waals surface area contributed by atoms with Crippen molar-refractivity contribution in [1.82, 2.24) is 25.5 Å². The number of hydrogen-bond donors (Lipinski definition) is 2. The van der Waals surface area contributed by atoms with Crippen molar-refractivity contribution in [2.24, 2.45) is 7.05 Å². The van der Waals surface area contributed by atoms with Gasteiger partial charge in [-0.1, -0.05) is 17.8 Å². The molecule has 1 aromatic carbocycles. The van der Waals surface area contributed by atoms with Gasteiger partial charge in [0.1, 0.15) is 0 Å². The van der Waals surface area contributed by atoms with Gasteiger partial charge in [0.15, 0.2) is 0 Å². The van der Waals surface area contributed by atoms with Gasteiger partial charge in [0, 0.05) is 23.2 Å². The van der Waals surface area contributed by atoms with Gasteiger partial charge in [0.2, 0.25) is 11.1 Å². The molecule has 2 heterocycles. The fourth-order valence-corrected chi connectivity index (χ4v) is 3.65. The second kappa shape index (κ2) is 8.78. The van der Waals surface area contributed by atoms with Crippen molar-refractivity contribution >= 4 is 40.6 Å². The Bertz CT molecular complexity index is 908. The molecule has 0 spiro atoms. The van der Waals surface area contributed by atoms with Crippen LogP contribution in [0, 0.1) is 0 Å². The topological polar surface area (TPSA) is 102 Å². The first-order valence-electron chi connectivity index (χ1n) is 8.12. The van der Waals surface area contributed by atoms with Crippen LogP contribution in [-0.2, 0) is 11.8 Å². The minimum atomic E-state index is -0.175. The first kappa shape index (κ1) is 19.1. The van der Waals surface area contributed by atoms with E-state index in [1.54, 1.807) is 42.6 Å². The smallest absolute Gasteiger partial charge is 0.251 e. The van der Waals surface area contributed by atoms with Gasteiger partial charge in [-0.05, 0) is 53.1 Å². The van der Waals surface area contributed by atoms with Crippen LogP contribution in [0.2, 0.25) is 0 Å². The van der Waals surface area contributed by atoms with Crippen molar-refractivity contribution in [1.29, 1.82) is 0 Å². The van der Waals surface area contributed by atoms with Crippen LogP contribution in [0.1, 0.15) is 28.2 Å². The lowest BCUT2D eigenvalue weighted by molar-refractivity contribution is -0.113. The van der Waals surface area contributed by atoms with Gasteiger partial charge in [-0.3, -0.25) is 9.59 Å². The largest absolute Gasteiger partial charge is 0.345 e. The van der Waals surface area contributed by atoms with E-state index in [0.29, 0.717) is 16.4 Å². The summed E-state index contributed by atoms with van der Waals surface area (Å²) in [6.45, 7) is 1.95. The predicted octanol–water partition coefficient (Wildman–Crippen LogP) is 2.49. The van der Waals surface area contributed by atoms with E-state index in [2.05, 4.69) is 26.2 Å². The number of carbonyl (C=O) groups excluding carboxylic acids is 2. The average Bonchev–Trinajstić information content (AvgIpc) is 3.32. The molecule has 0 aliphatic rings. The molecule has 0 fully saturated rings. The molecule has 1 atom stereocenters. The number of aryl methyl sites for hydroxylation is 1. The molecule has 0 aliphatic heterocycles. The minimum absolute atomic E-state index is 0.0518. The zero-order valence-corrected chi connectivity index (χ0v) is 16.4. The number of tetrazole rings is 1. The zero-order valence-electron chi connectivity index (χ0n) is 14.7. The third-order valence-corrected chi connectivity index (χ3v) is 5.73. The van der Waals surface area contributed by atoms with E-state index >= 15 is 0 Å². The van der Waals surface area contributed by atoms with Crippen molar-refractivity contribution in [2.75, 3.05) is 11.1 Å². The van der Waals surface area contributed by atoms with E-state index in [1.165, 1.54) is 16.4 Å². The molecular formula is C17H18N6O2S2. The van der Waals surface area contributed by atoms with Gasteiger partial charge in [-0.15, -0.1) is 16.4 Å². The van der Waals surface area contributed by atoms with E-state index in [1.807, 2.05) is 24.4 Å². The Morgan fingerprint density at radius 2 is 2.04 bits per heavy atom. The SMILES string of the molecule is C[C@H](NC(=O)c1ccc(NC(=O)CSc2nnnn2C)cc1)c1cccs1. The summed E-state index contributed by atoms with van der Waals surface area (Å²) in [6, 6.07) is 10.7. The molecule has 2 aromatic heterocycles. The van der Waals surface area contributed by atoms with Gasteiger partial charge in [-0.2, -0.15) is 0 Å². The van der Waals surface area contributed by atoms with Crippen LogP contribution in [0.5, 0.6) is 0 Å². The third kappa shape index (κ3) is 5.14. The number of nitrogens with one attached hydrogen (secondary N) is 2. The van der Waals surface area contributed by atoms with Crippen LogP contribution < -0.4 is 10.6 Å². The molecule has 2 N–H and O–H groups in total. The lowest BCUT2D eigenvalue weighted by atomic mass is 10.1. The molecule has 10 heteroatoms. The summed E-state index contributed by atoms with van der Waals surface area (Å²) < 4.78 is 1.50. The lowest BCUT2D eigenvalue weighted by Crippen LogP contribution is -2.26. The van der Waals surface area contributed by atoms with Crippen LogP contribution in [0.4, 0.5) is 5.69 Å². The van der Waals surface area contributed by atoms with E-state index in [0.717, 1.165) is 4.88 Å². The number of anilines is 1. The summed E-state index contributed by atoms with van der Waals surface area (Å²) in [5.74, 6) is -0.139. The van der Waals surface area contributed by atoms with Crippen molar-refractivity contribution in [3.63, 3.8) is 0 Å². The molecule has 0 radical (unpaired) electrons. The number of hydrogen-bond acceptors (Lipinski definition) is 7. The maximum atomic E-state index is 12.3. The predicted molar refractivity (Wildman–Crippen MR) is 105 cm³/mol. The van der Waals surface area contributed by atoms with Crippen molar-refractivity contribution in [3.05, 3.63) is 52.2 Å². The Balaban J connectivity index is 1.51. The van der Waals surface area contributed by atoms with Crippen molar-refractivity contribution in [2.45, 2.75) is 18.1 Å². The lowest BCUT2D eigenvalue weighted by Gasteiger charge is -2.12. The number of carbonyl (C=O) groups is 2. The van der Waals surface area contributed by atoms with Crippen LogP contribution in [-0.4, -0.2) is 37.8 Å². The number of amides is 2. The summed E-state index contributed by atoms with van der Waals surface area (Å²) in [5.41, 5.74) is 1.16. The molecule has 0 saturated carbocycles. The van der Waals surface area contributed by atoms with E-state index in [-0.39, 0.29) is 23.6 Å². The normalized spacial score (nSPS) is 11.8. The fraction of sp³-hybridized carbons (Fsp3) is 0.235. The zero-order chi connectivity index (χ0) is 19.2. The number of thioether (sulfide) groups is 1. The molecule has 3 aromatic rings. The van der Waals surface area contributed by atoms with Crippen LogP contribution in [0.25, 0.3) is 0 Å². The van der Waals surface area contributed by atoms with E-state index < -0.39 is 0 Å². The number of aromatic nitrogens is 4. The summed E-state index contributed by atoms with van der Waals surface area (Å²) in [4.78, 5) is 25.5. The Morgan fingerprint density at radius 1 is 1.26 bits per heavy atom. The Morgan fingerprint density at radius 3 is 2.67 bits per heavy atom. The monoisotopic (exact) mass is 402 g/mol. The third-order valence-electron chi connectivity index (χ3n) is 3.66. The van der Waals surface area contributed by atoms with E-state index in [9.17, 15) is 9.59 Å². The number of benzene rings is 1. The highest BCUT2D eigenvalue weighted by molar-refractivity contribution is 7.99. The highest BCUT2D eigenvalue weighted by Crippen LogP contribution is 2.19. The summed E-state index contributed by atoms with van der Waals surface area (Å²) in [7, 11) is 1.71. The maximum Gasteiger partial charge on any atom is 0.251 e. The summed E-state index contributed by atoms with van der Waals surface area (Å²) in [6.07, 6.45) is 0. The van der Waals surface area contributed by atoms with E-state index in [4.69, 9.17) is 0 Å². The molecule has 27 heavy (non-hydrogen) atoms. The first-order chi connectivity index (χ1) is 13.0. The van der Waals surface area contributed by atoms with Crippen LogP contribution >= 0.6 is 23.1 Å². The molecule has 0 bridgehead atoms. The van der Waals surface area contributed by atoms with Gasteiger partial charge in [-0.25, -0.2) is 4.68 Å². The summed E-state index contributed by atoms with van der Waals surface area (Å²) >= 11 is 2.85. The second-order valence-electron chi connectivity index (χ2n) is 5.71. The quantitative estimate of drug-likeness (QED) is 0.589. The van der Waals surface area contributed by atoms with Gasteiger partial charge in [0.25, 0.3) is 5.91 Å². The standard InChI is InChI=1S/C17H18N6O2S2/c1-11(14-4-3-9-26-14)18-16(25)12-5-7-13(8-6-12)19-15(24)10-27-17-20-21-22-23(17)2/h3-9,11H,10H2,1-2H3,(H,18,25)(H,19,24)/t11-/m0/s1. The molecule has 3 rings (SSSR count). The summed E-state index contributed by atoms with van der Waals surface area (Å²) in [5, 5.41) is 19.3.